The number of carboxylic acids is 1. The van der Waals surface area contributed by atoms with E-state index in [2.05, 4.69) is 0 Å². The van der Waals surface area contributed by atoms with Crippen LogP contribution in [0.5, 0.6) is 0 Å². The Labute approximate surface area is 85.5 Å². The summed E-state index contributed by atoms with van der Waals surface area (Å²) in [5, 5.41) is 8.60. The van der Waals surface area contributed by atoms with Crippen molar-refractivity contribution in [2.24, 2.45) is 11.8 Å². The first-order valence-electron chi connectivity index (χ1n) is 4.69. The predicted molar refractivity (Wildman–Crippen MR) is 49.6 cm³/mol. The zero-order chi connectivity index (χ0) is 11.1. The molecule has 1 saturated carbocycles. The molecular weight excluding hydrogens is 202 g/mol. The molecule has 0 aliphatic heterocycles. The summed E-state index contributed by atoms with van der Waals surface area (Å²) in [6, 6.07) is 7.37. The van der Waals surface area contributed by atoms with Crippen LogP contribution in [-0.4, -0.2) is 11.1 Å². The summed E-state index contributed by atoms with van der Waals surface area (Å²) in [4.78, 5) is 10.5. The Bertz CT molecular complexity index is 375. The van der Waals surface area contributed by atoms with Gasteiger partial charge in [-0.1, -0.05) is 30.3 Å². The van der Waals surface area contributed by atoms with Gasteiger partial charge in [0.2, 0.25) is 0 Å². The van der Waals surface area contributed by atoms with Crippen LogP contribution in [0.4, 0.5) is 8.78 Å². The second kappa shape index (κ2) is 3.29. The van der Waals surface area contributed by atoms with Gasteiger partial charge in [0, 0.05) is 11.5 Å². The fourth-order valence-electron chi connectivity index (χ4n) is 1.74. The Kier molecular flexibility index (Phi) is 2.21. The first kappa shape index (κ1) is 10.1. The van der Waals surface area contributed by atoms with Crippen molar-refractivity contribution in [3.63, 3.8) is 0 Å². The molecule has 0 heterocycles. The lowest BCUT2D eigenvalue weighted by molar-refractivity contribution is -0.140. The van der Waals surface area contributed by atoms with E-state index in [9.17, 15) is 13.6 Å². The van der Waals surface area contributed by atoms with Gasteiger partial charge < -0.3 is 5.11 Å². The van der Waals surface area contributed by atoms with Crippen molar-refractivity contribution < 1.29 is 18.7 Å². The molecule has 2 nitrogen and oxygen atoms in total. The molecule has 1 aliphatic carbocycles. The number of halogens is 2. The van der Waals surface area contributed by atoms with Crippen molar-refractivity contribution in [3.8, 4) is 0 Å². The van der Waals surface area contributed by atoms with Crippen LogP contribution in [-0.2, 0) is 10.7 Å². The molecule has 0 aromatic heterocycles. The monoisotopic (exact) mass is 212 g/mol. The number of carbonyl (C=O) groups is 1. The lowest BCUT2D eigenvalue weighted by atomic mass is 10.0. The van der Waals surface area contributed by atoms with Gasteiger partial charge in [0.05, 0.1) is 5.92 Å². The van der Waals surface area contributed by atoms with E-state index in [1.807, 2.05) is 0 Å². The second-order valence-electron chi connectivity index (χ2n) is 3.78. The molecule has 15 heavy (non-hydrogen) atoms. The van der Waals surface area contributed by atoms with Gasteiger partial charge in [-0.15, -0.1) is 0 Å². The number of hydrogen-bond acceptors (Lipinski definition) is 1. The molecule has 2 atom stereocenters. The minimum Gasteiger partial charge on any atom is -0.481 e. The van der Waals surface area contributed by atoms with Gasteiger partial charge in [-0.25, -0.2) is 8.78 Å². The topological polar surface area (TPSA) is 37.3 Å². The average molecular weight is 212 g/mol. The van der Waals surface area contributed by atoms with Crippen molar-refractivity contribution in [3.05, 3.63) is 35.9 Å². The second-order valence-corrected chi connectivity index (χ2v) is 3.78. The molecule has 4 heteroatoms. The van der Waals surface area contributed by atoms with Gasteiger partial charge in [-0.05, 0) is 6.42 Å². The van der Waals surface area contributed by atoms with Crippen molar-refractivity contribution in [2.75, 3.05) is 0 Å². The first-order valence-corrected chi connectivity index (χ1v) is 4.69. The van der Waals surface area contributed by atoms with Crippen molar-refractivity contribution in [1.82, 2.24) is 0 Å². The van der Waals surface area contributed by atoms with Crippen LogP contribution in [0.1, 0.15) is 12.0 Å². The quantitative estimate of drug-likeness (QED) is 0.835. The lowest BCUT2D eigenvalue weighted by Crippen LogP contribution is -2.19. The molecule has 2 rings (SSSR count). The fraction of sp³-hybridized carbons (Fsp3) is 0.364. The number of alkyl halides is 2. The van der Waals surface area contributed by atoms with Crippen molar-refractivity contribution >= 4 is 5.97 Å². The molecule has 1 aromatic carbocycles. The third-order valence-electron chi connectivity index (χ3n) is 2.73. The third-order valence-corrected chi connectivity index (χ3v) is 2.73. The predicted octanol–water partition coefficient (Wildman–Crippen LogP) is 2.50. The van der Waals surface area contributed by atoms with Gasteiger partial charge >= 0.3 is 5.97 Å². The molecule has 0 spiro atoms. The highest BCUT2D eigenvalue weighted by Gasteiger charge is 2.58. The van der Waals surface area contributed by atoms with Gasteiger partial charge in [0.1, 0.15) is 0 Å². The van der Waals surface area contributed by atoms with Crippen LogP contribution < -0.4 is 0 Å². The molecular formula is C11H10F2O2. The molecule has 0 bridgehead atoms. The zero-order valence-corrected chi connectivity index (χ0v) is 7.86. The number of rotatable bonds is 3. The summed E-state index contributed by atoms with van der Waals surface area (Å²) in [7, 11) is 0. The Morgan fingerprint density at radius 2 is 1.93 bits per heavy atom. The van der Waals surface area contributed by atoms with E-state index in [-0.39, 0.29) is 12.0 Å². The first-order chi connectivity index (χ1) is 7.03. The largest absolute Gasteiger partial charge is 0.481 e. The van der Waals surface area contributed by atoms with Gasteiger partial charge in [-0.2, -0.15) is 0 Å². The number of aliphatic carboxylic acids is 1. The Morgan fingerprint density at radius 1 is 1.33 bits per heavy atom. The summed E-state index contributed by atoms with van der Waals surface area (Å²) >= 11 is 0. The van der Waals surface area contributed by atoms with Crippen LogP contribution in [0, 0.1) is 11.8 Å². The molecule has 0 unspecified atom stereocenters. The standard InChI is InChI=1S/C11H10F2O2/c12-11(13,7-4-2-1-3-5-7)9-6-8(9)10(14)15/h1-5,8-9H,6H2,(H,14,15)/t8-,9-/m1/s1. The summed E-state index contributed by atoms with van der Waals surface area (Å²) in [5.41, 5.74) is -0.0984. The molecule has 1 N–H and O–H groups in total. The maximum Gasteiger partial charge on any atom is 0.307 e. The van der Waals surface area contributed by atoms with E-state index >= 15 is 0 Å². The van der Waals surface area contributed by atoms with Crippen LogP contribution in [0.25, 0.3) is 0 Å². The van der Waals surface area contributed by atoms with E-state index in [1.165, 1.54) is 24.3 Å². The van der Waals surface area contributed by atoms with E-state index in [0.717, 1.165) is 0 Å². The number of benzene rings is 1. The van der Waals surface area contributed by atoms with E-state index < -0.39 is 23.7 Å². The highest BCUT2D eigenvalue weighted by molar-refractivity contribution is 5.73. The summed E-state index contributed by atoms with van der Waals surface area (Å²) < 4.78 is 27.4. The van der Waals surface area contributed by atoms with Gasteiger partial charge in [0.25, 0.3) is 5.92 Å². The van der Waals surface area contributed by atoms with Crippen LogP contribution in [0.3, 0.4) is 0 Å². The highest BCUT2D eigenvalue weighted by Crippen LogP contribution is 2.54. The molecule has 0 amide bonds. The van der Waals surface area contributed by atoms with Crippen molar-refractivity contribution in [2.45, 2.75) is 12.3 Å². The summed E-state index contributed by atoms with van der Waals surface area (Å²) in [6.45, 7) is 0. The zero-order valence-electron chi connectivity index (χ0n) is 7.86. The van der Waals surface area contributed by atoms with Crippen LogP contribution in [0.15, 0.2) is 30.3 Å². The van der Waals surface area contributed by atoms with E-state index in [0.29, 0.717) is 0 Å². The molecule has 1 aromatic rings. The Balaban J connectivity index is 2.19. The molecule has 1 aliphatic rings. The van der Waals surface area contributed by atoms with Crippen LogP contribution in [0.2, 0.25) is 0 Å². The number of carboxylic acid groups (broad SMARTS) is 1. The van der Waals surface area contributed by atoms with E-state index in [1.54, 1.807) is 6.07 Å². The third kappa shape index (κ3) is 1.71. The normalized spacial score (nSPS) is 24.9. The smallest absolute Gasteiger partial charge is 0.307 e. The minimum absolute atomic E-state index is 0.0667. The molecule has 0 radical (unpaired) electrons. The van der Waals surface area contributed by atoms with Gasteiger partial charge in [-0.3, -0.25) is 4.79 Å². The van der Waals surface area contributed by atoms with Gasteiger partial charge in [0.15, 0.2) is 0 Å². The molecule has 1 fully saturated rings. The maximum atomic E-state index is 13.7. The van der Waals surface area contributed by atoms with Crippen LogP contribution >= 0.6 is 0 Å². The SMILES string of the molecule is O=C(O)[C@@H]1C[C@H]1C(F)(F)c1ccccc1. The molecule has 0 saturated heterocycles. The Morgan fingerprint density at radius 3 is 2.40 bits per heavy atom. The summed E-state index contributed by atoms with van der Waals surface area (Å²) in [6.07, 6.45) is 0.0667. The maximum absolute atomic E-state index is 13.7. The average Bonchev–Trinajstić information content (AvgIpc) is 2.99. The molecule has 80 valence electrons. The van der Waals surface area contributed by atoms with Crippen molar-refractivity contribution in [1.29, 1.82) is 0 Å². The fourth-order valence-corrected chi connectivity index (χ4v) is 1.74. The lowest BCUT2D eigenvalue weighted by Gasteiger charge is -2.15. The Hall–Kier alpha value is -1.45. The summed E-state index contributed by atoms with van der Waals surface area (Å²) in [5.74, 6) is -6.09. The highest BCUT2D eigenvalue weighted by atomic mass is 19.3. The minimum atomic E-state index is -3.02. The number of hydrogen-bond donors (Lipinski definition) is 1. The van der Waals surface area contributed by atoms with E-state index in [4.69, 9.17) is 5.11 Å².